The Morgan fingerprint density at radius 2 is 2.00 bits per heavy atom. The van der Waals surface area contributed by atoms with Gasteiger partial charge in [0, 0.05) is 24.0 Å². The predicted octanol–water partition coefficient (Wildman–Crippen LogP) is 1.91. The van der Waals surface area contributed by atoms with Crippen molar-refractivity contribution in [1.29, 1.82) is 5.41 Å². The highest BCUT2D eigenvalue weighted by molar-refractivity contribution is 7.10. The topological polar surface area (TPSA) is 113 Å². The predicted molar refractivity (Wildman–Crippen MR) is 142 cm³/mol. The molecule has 1 amide bonds. The second kappa shape index (κ2) is 8.70. The second-order valence-corrected chi connectivity index (χ2v) is 10.0. The van der Waals surface area contributed by atoms with Crippen LogP contribution in [-0.2, 0) is 16.8 Å². The minimum absolute atomic E-state index is 0.0815. The summed E-state index contributed by atoms with van der Waals surface area (Å²) in [6.45, 7) is 1.99. The fourth-order valence-corrected chi connectivity index (χ4v) is 5.68. The van der Waals surface area contributed by atoms with Crippen LogP contribution in [0.5, 0.6) is 0 Å². The third-order valence-corrected chi connectivity index (χ3v) is 7.82. The van der Waals surface area contributed by atoms with E-state index in [1.54, 1.807) is 29.3 Å². The molecule has 8 nitrogen and oxygen atoms in total. The molecule has 1 unspecified atom stereocenters. The molecule has 0 aliphatic carbocycles. The molecule has 4 N–H and O–H groups in total. The highest BCUT2D eigenvalue weighted by atomic mass is 32.1. The molecule has 0 saturated carbocycles. The maximum absolute atomic E-state index is 13.6. The Balaban J connectivity index is 1.54. The zero-order chi connectivity index (χ0) is 24.7. The number of benzene rings is 2. The number of carbonyl (C=O) groups is 1. The maximum atomic E-state index is 13.6. The highest BCUT2D eigenvalue weighted by Crippen LogP contribution is 2.41. The first-order chi connectivity index (χ1) is 16.8. The van der Waals surface area contributed by atoms with Crippen molar-refractivity contribution in [3.05, 3.63) is 76.7 Å². The van der Waals surface area contributed by atoms with Gasteiger partial charge in [0.25, 0.3) is 0 Å². The van der Waals surface area contributed by atoms with Crippen molar-refractivity contribution in [2.75, 3.05) is 12.8 Å². The smallest absolute Gasteiger partial charge is 0.235 e. The molecule has 1 aliphatic heterocycles. The zero-order valence-corrected chi connectivity index (χ0v) is 20.6. The summed E-state index contributed by atoms with van der Waals surface area (Å²) < 4.78 is 1.78. The van der Waals surface area contributed by atoms with Crippen LogP contribution in [0.15, 0.2) is 66.2 Å². The lowest BCUT2D eigenvalue weighted by molar-refractivity contribution is -0.135. The lowest BCUT2D eigenvalue weighted by Crippen LogP contribution is -2.64. The minimum atomic E-state index is -0.786. The number of hydrogen-bond acceptors (Lipinski definition) is 6. The number of nitrogens with one attached hydrogen (secondary N) is 2. The summed E-state index contributed by atoms with van der Waals surface area (Å²) in [6, 6.07) is 17.9. The summed E-state index contributed by atoms with van der Waals surface area (Å²) in [7, 11) is 3.66. The van der Waals surface area contributed by atoms with Gasteiger partial charge in [-0.3, -0.25) is 15.1 Å². The van der Waals surface area contributed by atoms with Crippen LogP contribution in [0.2, 0.25) is 0 Å². The van der Waals surface area contributed by atoms with E-state index < -0.39 is 11.5 Å². The van der Waals surface area contributed by atoms with Gasteiger partial charge in [0.2, 0.25) is 5.91 Å². The van der Waals surface area contributed by atoms with E-state index in [0.717, 1.165) is 32.8 Å². The van der Waals surface area contributed by atoms with E-state index in [2.05, 4.69) is 27.1 Å². The molecular weight excluding hydrogens is 457 g/mol. The Hall–Kier alpha value is -3.92. The van der Waals surface area contributed by atoms with Crippen LogP contribution in [0.25, 0.3) is 16.8 Å². The van der Waals surface area contributed by atoms with E-state index in [1.807, 2.05) is 63.3 Å². The van der Waals surface area contributed by atoms with Crippen LogP contribution < -0.4 is 16.5 Å². The molecule has 0 spiro atoms. The first-order valence-electron chi connectivity index (χ1n) is 11.3. The number of hydrogen-bond donors (Lipinski definition) is 3. The molecule has 176 valence electrons. The van der Waals surface area contributed by atoms with Crippen molar-refractivity contribution in [2.24, 2.45) is 5.92 Å². The molecule has 2 atom stereocenters. The lowest BCUT2D eigenvalue weighted by Gasteiger charge is -2.44. The van der Waals surface area contributed by atoms with Gasteiger partial charge in [-0.1, -0.05) is 34.9 Å². The highest BCUT2D eigenvalue weighted by Gasteiger charge is 2.48. The third-order valence-electron chi connectivity index (χ3n) is 6.65. The summed E-state index contributed by atoms with van der Waals surface area (Å²) in [5.74, 6) is -0.513. The minimum Gasteiger partial charge on any atom is -0.399 e. The van der Waals surface area contributed by atoms with Gasteiger partial charge in [-0.2, -0.15) is 0 Å². The summed E-state index contributed by atoms with van der Waals surface area (Å²) in [6.07, 6.45) is 2.12. The SMILES string of the molecule is Bc1cccc(-n2nncc2CC2C(=O)N(C)C(=N)N[C@]2(C)c2cc(-c3cccc(N)c3)cs2)c1. The van der Waals surface area contributed by atoms with Gasteiger partial charge in [-0.05, 0) is 53.8 Å². The molecule has 0 radical (unpaired) electrons. The average Bonchev–Trinajstić information content (AvgIpc) is 3.51. The molecule has 2 aromatic carbocycles. The van der Waals surface area contributed by atoms with Gasteiger partial charge in [-0.25, -0.2) is 4.68 Å². The van der Waals surface area contributed by atoms with E-state index in [4.69, 9.17) is 11.1 Å². The van der Waals surface area contributed by atoms with Crippen LogP contribution in [0.4, 0.5) is 5.69 Å². The summed E-state index contributed by atoms with van der Waals surface area (Å²) >= 11 is 1.57. The van der Waals surface area contributed by atoms with Crippen molar-refractivity contribution in [2.45, 2.75) is 18.9 Å². The van der Waals surface area contributed by atoms with E-state index >= 15 is 0 Å². The molecule has 2 aromatic heterocycles. The number of anilines is 1. The second-order valence-electron chi connectivity index (χ2n) is 9.13. The quantitative estimate of drug-likeness (QED) is 0.297. The summed E-state index contributed by atoms with van der Waals surface area (Å²) in [4.78, 5) is 15.9. The van der Waals surface area contributed by atoms with Gasteiger partial charge >= 0.3 is 0 Å². The number of guanidine groups is 1. The molecule has 3 heterocycles. The number of nitrogens with zero attached hydrogens (tertiary/aromatic N) is 4. The monoisotopic (exact) mass is 483 g/mol. The summed E-state index contributed by atoms with van der Waals surface area (Å²) in [5, 5.41) is 22.2. The van der Waals surface area contributed by atoms with E-state index in [0.29, 0.717) is 12.1 Å². The normalized spacial score (nSPS) is 20.2. The molecule has 1 aliphatic rings. The molecule has 1 saturated heterocycles. The number of thiophene rings is 1. The van der Waals surface area contributed by atoms with Gasteiger partial charge in [0.1, 0.15) is 7.85 Å². The average molecular weight is 483 g/mol. The van der Waals surface area contributed by atoms with Gasteiger partial charge in [0.05, 0.1) is 29.0 Å². The van der Waals surface area contributed by atoms with Crippen molar-refractivity contribution in [1.82, 2.24) is 25.2 Å². The number of carbonyl (C=O) groups excluding carboxylic acids is 1. The Labute approximate surface area is 208 Å². The standard InChI is InChI=1S/C25H26BN7OS/c1-25(22-10-16(14-35-22)15-5-3-7-18(27)9-15)21(23(34)32(2)24(28)30-25)12-20-13-29-31-33(20)19-8-4-6-17(26)11-19/h3-11,13-14,21H,12,26-27H2,1-2H3,(H2,28,30)/t21?,25-/m0/s1. The molecule has 0 bridgehead atoms. The Morgan fingerprint density at radius 3 is 2.77 bits per heavy atom. The molecule has 35 heavy (non-hydrogen) atoms. The fraction of sp³-hybridized carbons (Fsp3) is 0.200. The van der Waals surface area contributed by atoms with Crippen LogP contribution in [0, 0.1) is 11.3 Å². The Kier molecular flexibility index (Phi) is 5.68. The number of amides is 1. The van der Waals surface area contributed by atoms with E-state index in [9.17, 15) is 4.79 Å². The maximum Gasteiger partial charge on any atom is 0.235 e. The van der Waals surface area contributed by atoms with Crippen LogP contribution in [-0.4, -0.2) is 46.7 Å². The number of nitrogens with two attached hydrogens (primary N) is 1. The first kappa shape index (κ1) is 22.9. The fourth-order valence-electron chi connectivity index (χ4n) is 4.59. The summed E-state index contributed by atoms with van der Waals surface area (Å²) in [5.41, 5.74) is 10.8. The zero-order valence-electron chi connectivity index (χ0n) is 19.8. The Bertz CT molecular complexity index is 1430. The van der Waals surface area contributed by atoms with E-state index in [-0.39, 0.29) is 11.9 Å². The van der Waals surface area contributed by atoms with Crippen molar-refractivity contribution in [3.63, 3.8) is 0 Å². The van der Waals surface area contributed by atoms with Gasteiger partial charge in [-0.15, -0.1) is 16.4 Å². The molecule has 4 aromatic rings. The van der Waals surface area contributed by atoms with Gasteiger partial charge in [0.15, 0.2) is 5.96 Å². The number of aromatic nitrogens is 3. The van der Waals surface area contributed by atoms with Crippen LogP contribution in [0.1, 0.15) is 17.5 Å². The number of rotatable bonds is 5. The van der Waals surface area contributed by atoms with Gasteiger partial charge < -0.3 is 11.1 Å². The first-order valence-corrected chi connectivity index (χ1v) is 12.2. The molecule has 1 fully saturated rings. The molecule has 5 rings (SSSR count). The lowest BCUT2D eigenvalue weighted by atomic mass is 9.78. The largest absolute Gasteiger partial charge is 0.399 e. The van der Waals surface area contributed by atoms with Crippen molar-refractivity contribution >= 4 is 42.2 Å². The molecule has 10 heteroatoms. The molecular formula is C25H26BN7OS. The van der Waals surface area contributed by atoms with Crippen molar-refractivity contribution in [3.8, 4) is 16.8 Å². The van der Waals surface area contributed by atoms with Crippen LogP contribution in [0.3, 0.4) is 0 Å². The number of nitrogen functional groups attached to an aromatic ring is 1. The van der Waals surface area contributed by atoms with Crippen molar-refractivity contribution < 1.29 is 4.79 Å². The third kappa shape index (κ3) is 4.10. The van der Waals surface area contributed by atoms with E-state index in [1.165, 1.54) is 4.90 Å². The Morgan fingerprint density at radius 1 is 1.20 bits per heavy atom. The van der Waals surface area contributed by atoms with Crippen LogP contribution >= 0.6 is 11.3 Å².